The largest absolute Gasteiger partial charge is 0.480 e. The molecule has 1 heterocycles. The molecule has 10 heteroatoms. The van der Waals surface area contributed by atoms with Crippen LogP contribution in [0.15, 0.2) is 0 Å². The first-order valence-corrected chi connectivity index (χ1v) is 6.02. The molecule has 17 heavy (non-hydrogen) atoms. The fraction of sp³-hybridized carbons (Fsp3) is 0.857. The topological polar surface area (TPSA) is 77.9 Å². The van der Waals surface area contributed by atoms with Gasteiger partial charge in [0.15, 0.2) is 0 Å². The SMILES string of the molecule is CC(C(=O)O)N1CCN(CC(F)(F)F)S1(=O)=O. The van der Waals surface area contributed by atoms with Gasteiger partial charge in [0.05, 0.1) is 0 Å². The van der Waals surface area contributed by atoms with E-state index in [0.29, 0.717) is 4.31 Å². The average Bonchev–Trinajstić information content (AvgIpc) is 2.38. The molecule has 1 saturated heterocycles. The lowest BCUT2D eigenvalue weighted by Crippen LogP contribution is -2.44. The molecule has 1 unspecified atom stereocenters. The van der Waals surface area contributed by atoms with Crippen molar-refractivity contribution in [3.63, 3.8) is 0 Å². The Kier molecular flexibility index (Phi) is 3.69. The number of alkyl halides is 3. The number of aliphatic carboxylic acids is 1. The van der Waals surface area contributed by atoms with Gasteiger partial charge in [0.25, 0.3) is 10.2 Å². The fourth-order valence-electron chi connectivity index (χ4n) is 1.47. The van der Waals surface area contributed by atoms with Gasteiger partial charge in [0.1, 0.15) is 12.6 Å². The monoisotopic (exact) mass is 276 g/mol. The summed E-state index contributed by atoms with van der Waals surface area (Å²) in [7, 11) is -4.34. The maximum Gasteiger partial charge on any atom is 0.402 e. The van der Waals surface area contributed by atoms with Crippen LogP contribution >= 0.6 is 0 Å². The lowest BCUT2D eigenvalue weighted by molar-refractivity contribution is -0.140. The van der Waals surface area contributed by atoms with E-state index in [1.54, 1.807) is 0 Å². The molecular formula is C7H11F3N2O4S. The molecule has 1 atom stereocenters. The molecule has 1 aliphatic heterocycles. The Balaban J connectivity index is 2.88. The molecule has 1 N–H and O–H groups in total. The van der Waals surface area contributed by atoms with Gasteiger partial charge in [-0.3, -0.25) is 4.79 Å². The minimum atomic E-state index is -4.64. The second-order valence-corrected chi connectivity index (χ2v) is 5.46. The van der Waals surface area contributed by atoms with Gasteiger partial charge in [-0.05, 0) is 6.92 Å². The maximum absolute atomic E-state index is 12.1. The molecule has 6 nitrogen and oxygen atoms in total. The van der Waals surface area contributed by atoms with Crippen LogP contribution in [0.1, 0.15) is 6.92 Å². The molecule has 0 aliphatic carbocycles. The van der Waals surface area contributed by atoms with E-state index in [2.05, 4.69) is 0 Å². The third-order valence-corrected chi connectivity index (χ3v) is 4.39. The molecule has 0 spiro atoms. The van der Waals surface area contributed by atoms with Crippen molar-refractivity contribution in [1.82, 2.24) is 8.61 Å². The van der Waals surface area contributed by atoms with Gasteiger partial charge < -0.3 is 5.11 Å². The lowest BCUT2D eigenvalue weighted by Gasteiger charge is -2.21. The molecule has 0 radical (unpaired) electrons. The summed E-state index contributed by atoms with van der Waals surface area (Å²) in [6.45, 7) is -1.11. The van der Waals surface area contributed by atoms with Crippen molar-refractivity contribution in [3.8, 4) is 0 Å². The second kappa shape index (κ2) is 4.42. The number of hydrogen-bond donors (Lipinski definition) is 1. The quantitative estimate of drug-likeness (QED) is 0.780. The average molecular weight is 276 g/mol. The second-order valence-electron chi connectivity index (χ2n) is 3.58. The number of halogens is 3. The molecule has 1 rings (SSSR count). The van der Waals surface area contributed by atoms with Crippen molar-refractivity contribution in [1.29, 1.82) is 0 Å². The Bertz CT molecular complexity index is 408. The van der Waals surface area contributed by atoms with Crippen molar-refractivity contribution in [2.45, 2.75) is 19.1 Å². The summed E-state index contributed by atoms with van der Waals surface area (Å²) < 4.78 is 60.3. The number of carbonyl (C=O) groups is 1. The zero-order chi connectivity index (χ0) is 13.4. The summed E-state index contributed by atoms with van der Waals surface area (Å²) in [5.74, 6) is -1.40. The molecule has 0 aromatic rings. The molecular weight excluding hydrogens is 265 g/mol. The van der Waals surface area contributed by atoms with Crippen LogP contribution in [0.2, 0.25) is 0 Å². The van der Waals surface area contributed by atoms with Gasteiger partial charge in [-0.25, -0.2) is 0 Å². The van der Waals surface area contributed by atoms with Crippen molar-refractivity contribution in [3.05, 3.63) is 0 Å². The van der Waals surface area contributed by atoms with E-state index in [4.69, 9.17) is 5.11 Å². The van der Waals surface area contributed by atoms with Gasteiger partial charge in [-0.15, -0.1) is 0 Å². The Labute approximate surface area is 95.8 Å². The highest BCUT2D eigenvalue weighted by Crippen LogP contribution is 2.25. The first kappa shape index (κ1) is 14.2. The fourth-order valence-corrected chi connectivity index (χ4v) is 3.19. The Morgan fingerprint density at radius 3 is 2.35 bits per heavy atom. The highest BCUT2D eigenvalue weighted by molar-refractivity contribution is 7.87. The highest BCUT2D eigenvalue weighted by Gasteiger charge is 2.46. The van der Waals surface area contributed by atoms with E-state index in [1.807, 2.05) is 0 Å². The summed E-state index contributed by atoms with van der Waals surface area (Å²) >= 11 is 0. The van der Waals surface area contributed by atoms with Crippen molar-refractivity contribution < 1.29 is 31.5 Å². The van der Waals surface area contributed by atoms with Crippen LogP contribution in [-0.2, 0) is 15.0 Å². The first-order valence-electron chi connectivity index (χ1n) is 4.62. The Hall–Kier alpha value is -0.870. The predicted octanol–water partition coefficient (Wildman–Crippen LogP) is -0.116. The van der Waals surface area contributed by atoms with Crippen molar-refractivity contribution in [2.24, 2.45) is 0 Å². The van der Waals surface area contributed by atoms with Gasteiger partial charge in [-0.2, -0.15) is 30.2 Å². The number of nitrogens with zero attached hydrogens (tertiary/aromatic N) is 2. The molecule has 1 aliphatic rings. The highest BCUT2D eigenvalue weighted by atomic mass is 32.2. The van der Waals surface area contributed by atoms with E-state index >= 15 is 0 Å². The summed E-state index contributed by atoms with van der Waals surface area (Å²) in [6.07, 6.45) is -4.64. The molecule has 0 amide bonds. The standard InChI is InChI=1S/C7H11F3N2O4S/c1-5(6(13)14)12-3-2-11(17(12,15)16)4-7(8,9)10/h5H,2-4H2,1H3,(H,13,14). The smallest absolute Gasteiger partial charge is 0.402 e. The van der Waals surface area contributed by atoms with E-state index in [1.165, 1.54) is 0 Å². The Morgan fingerprint density at radius 1 is 1.41 bits per heavy atom. The van der Waals surface area contributed by atoms with Crippen LogP contribution in [0.4, 0.5) is 13.2 Å². The molecule has 100 valence electrons. The number of rotatable bonds is 3. The summed E-state index contributed by atoms with van der Waals surface area (Å²) in [4.78, 5) is 10.6. The van der Waals surface area contributed by atoms with Crippen LogP contribution in [0.5, 0.6) is 0 Å². The van der Waals surface area contributed by atoms with Crippen LogP contribution in [0, 0.1) is 0 Å². The van der Waals surface area contributed by atoms with E-state index < -0.39 is 34.9 Å². The number of hydrogen-bond acceptors (Lipinski definition) is 3. The van der Waals surface area contributed by atoms with Crippen molar-refractivity contribution in [2.75, 3.05) is 19.6 Å². The van der Waals surface area contributed by atoms with Crippen LogP contribution in [0.25, 0.3) is 0 Å². The normalized spacial score (nSPS) is 23.8. The predicted molar refractivity (Wildman–Crippen MR) is 50.4 cm³/mol. The van der Waals surface area contributed by atoms with E-state index in [-0.39, 0.29) is 17.4 Å². The minimum Gasteiger partial charge on any atom is -0.480 e. The van der Waals surface area contributed by atoms with Gasteiger partial charge in [0, 0.05) is 13.1 Å². The zero-order valence-corrected chi connectivity index (χ0v) is 9.62. The maximum atomic E-state index is 12.1. The van der Waals surface area contributed by atoms with E-state index in [0.717, 1.165) is 6.92 Å². The first-order chi connectivity index (χ1) is 7.55. The third-order valence-electron chi connectivity index (χ3n) is 2.34. The van der Waals surface area contributed by atoms with Crippen molar-refractivity contribution >= 4 is 16.2 Å². The summed E-state index contributed by atoms with van der Waals surface area (Å²) in [5, 5.41) is 8.65. The van der Waals surface area contributed by atoms with Gasteiger partial charge in [0.2, 0.25) is 0 Å². The molecule has 1 fully saturated rings. The molecule has 0 saturated carbocycles. The zero-order valence-electron chi connectivity index (χ0n) is 8.81. The molecule has 0 bridgehead atoms. The molecule has 0 aromatic carbocycles. The van der Waals surface area contributed by atoms with E-state index in [9.17, 15) is 26.4 Å². The van der Waals surface area contributed by atoms with Crippen LogP contribution < -0.4 is 0 Å². The minimum absolute atomic E-state index is 0.229. The van der Waals surface area contributed by atoms with Crippen LogP contribution in [-0.4, -0.2) is 60.0 Å². The molecule has 0 aromatic heterocycles. The van der Waals surface area contributed by atoms with Gasteiger partial charge >= 0.3 is 12.1 Å². The van der Waals surface area contributed by atoms with Gasteiger partial charge in [-0.1, -0.05) is 0 Å². The number of carboxylic acids is 1. The summed E-state index contributed by atoms with van der Waals surface area (Å²) in [6, 6.07) is -1.38. The van der Waals surface area contributed by atoms with Crippen LogP contribution in [0.3, 0.4) is 0 Å². The third kappa shape index (κ3) is 3.07. The number of carboxylic acid groups (broad SMARTS) is 1. The lowest BCUT2D eigenvalue weighted by atomic mass is 10.3. The Morgan fingerprint density at radius 2 is 1.94 bits per heavy atom. The summed E-state index contributed by atoms with van der Waals surface area (Å²) in [5.41, 5.74) is 0.